The largest absolute Gasteiger partial charge is 0.481 e. The van der Waals surface area contributed by atoms with Gasteiger partial charge in [0, 0.05) is 17.4 Å². The minimum Gasteiger partial charge on any atom is -0.481 e. The number of thioether (sulfide) groups is 1. The van der Waals surface area contributed by atoms with E-state index in [0.717, 1.165) is 11.1 Å². The van der Waals surface area contributed by atoms with Gasteiger partial charge in [0.2, 0.25) is 0 Å². The Morgan fingerprint density at radius 1 is 1.08 bits per heavy atom. The third-order valence-electron chi connectivity index (χ3n) is 4.96. The molecule has 0 atom stereocenters. The highest BCUT2D eigenvalue weighted by molar-refractivity contribution is 8.00. The van der Waals surface area contributed by atoms with Crippen LogP contribution in [0.3, 0.4) is 0 Å². The van der Waals surface area contributed by atoms with Crippen molar-refractivity contribution < 1.29 is 19.4 Å². The molecule has 1 amide bonds. The summed E-state index contributed by atoms with van der Waals surface area (Å²) in [5.74, 6) is 0.288. The lowest BCUT2D eigenvalue weighted by molar-refractivity contribution is -0.138. The summed E-state index contributed by atoms with van der Waals surface area (Å²) in [7, 11) is 0. The van der Waals surface area contributed by atoms with Gasteiger partial charge in [-0.15, -0.1) is 0 Å². The van der Waals surface area contributed by atoms with Gasteiger partial charge in [0.05, 0.1) is 12.0 Å². The zero-order valence-corrected chi connectivity index (χ0v) is 14.9. The number of nitrogens with one attached hydrogen (secondary N) is 1. The van der Waals surface area contributed by atoms with Gasteiger partial charge in [-0.2, -0.15) is 11.8 Å². The Morgan fingerprint density at radius 2 is 1.65 bits per heavy atom. The molecular formula is C20H19NO4S. The molecule has 1 aliphatic carbocycles. The van der Waals surface area contributed by atoms with Gasteiger partial charge >= 0.3 is 12.1 Å². The highest BCUT2D eigenvalue weighted by Gasteiger charge is 2.42. The van der Waals surface area contributed by atoms with Crippen LogP contribution >= 0.6 is 11.8 Å². The molecule has 0 aromatic heterocycles. The first-order chi connectivity index (χ1) is 12.6. The zero-order valence-electron chi connectivity index (χ0n) is 14.1. The predicted octanol–water partition coefficient (Wildman–Crippen LogP) is 3.49. The molecule has 0 radical (unpaired) electrons. The minimum absolute atomic E-state index is 0.000612. The second-order valence-corrected chi connectivity index (χ2v) is 7.78. The van der Waals surface area contributed by atoms with E-state index in [9.17, 15) is 9.59 Å². The Hall–Kier alpha value is -2.47. The number of hydrogen-bond acceptors (Lipinski definition) is 4. The Balaban J connectivity index is 1.46. The van der Waals surface area contributed by atoms with E-state index in [1.54, 1.807) is 11.8 Å². The average molecular weight is 369 g/mol. The molecule has 2 aromatic rings. The zero-order chi connectivity index (χ0) is 18.1. The van der Waals surface area contributed by atoms with Crippen molar-refractivity contribution in [3.8, 4) is 11.1 Å². The maximum Gasteiger partial charge on any atom is 0.407 e. The summed E-state index contributed by atoms with van der Waals surface area (Å²) in [5.41, 5.74) is 3.98. The van der Waals surface area contributed by atoms with Crippen LogP contribution in [0.4, 0.5) is 4.79 Å². The molecule has 26 heavy (non-hydrogen) atoms. The molecule has 2 aliphatic rings. The molecule has 0 unspecified atom stereocenters. The van der Waals surface area contributed by atoms with Gasteiger partial charge in [0.15, 0.2) is 0 Å². The Kier molecular flexibility index (Phi) is 4.36. The molecule has 2 aromatic carbocycles. The predicted molar refractivity (Wildman–Crippen MR) is 101 cm³/mol. The van der Waals surface area contributed by atoms with Crippen LogP contribution in [0, 0.1) is 0 Å². The second kappa shape index (κ2) is 6.68. The number of fused-ring (bicyclic) bond motifs is 3. The molecular weight excluding hydrogens is 350 g/mol. The van der Waals surface area contributed by atoms with Crippen LogP contribution in [0.5, 0.6) is 0 Å². The topological polar surface area (TPSA) is 75.6 Å². The molecule has 1 heterocycles. The summed E-state index contributed by atoms with van der Waals surface area (Å²) in [5, 5.41) is 11.8. The normalized spacial score (nSPS) is 16.9. The summed E-state index contributed by atoms with van der Waals surface area (Å²) in [6.45, 7) is 0.232. The quantitative estimate of drug-likeness (QED) is 0.844. The van der Waals surface area contributed by atoms with Crippen LogP contribution in [0.1, 0.15) is 23.5 Å². The summed E-state index contributed by atoms with van der Waals surface area (Å²) >= 11 is 1.62. The minimum atomic E-state index is -0.913. The highest BCUT2D eigenvalue weighted by atomic mass is 32.2. The molecule has 0 bridgehead atoms. The number of rotatable bonds is 5. The van der Waals surface area contributed by atoms with Crippen molar-refractivity contribution in [2.24, 2.45) is 0 Å². The third kappa shape index (κ3) is 3.05. The summed E-state index contributed by atoms with van der Waals surface area (Å²) < 4.78 is 5.50. The second-order valence-electron chi connectivity index (χ2n) is 6.79. The Labute approximate surface area is 155 Å². The first-order valence-electron chi connectivity index (χ1n) is 8.51. The van der Waals surface area contributed by atoms with Crippen molar-refractivity contribution in [2.75, 3.05) is 18.1 Å². The number of carboxylic acid groups (broad SMARTS) is 1. The maximum absolute atomic E-state index is 12.3. The molecule has 4 rings (SSSR count). The fourth-order valence-corrected chi connectivity index (χ4v) is 4.75. The molecule has 134 valence electrons. The number of carbonyl (C=O) groups excluding carboxylic acids is 1. The molecule has 2 N–H and O–H groups in total. The summed E-state index contributed by atoms with van der Waals surface area (Å²) in [6.07, 6.45) is -0.627. The van der Waals surface area contributed by atoms with E-state index < -0.39 is 17.6 Å². The van der Waals surface area contributed by atoms with E-state index in [-0.39, 0.29) is 18.9 Å². The molecule has 6 heteroatoms. The van der Waals surface area contributed by atoms with Crippen LogP contribution in [-0.2, 0) is 9.53 Å². The number of aliphatic carboxylic acids is 1. The van der Waals surface area contributed by atoms with E-state index in [2.05, 4.69) is 29.6 Å². The third-order valence-corrected chi connectivity index (χ3v) is 6.47. The van der Waals surface area contributed by atoms with Gasteiger partial charge in [-0.25, -0.2) is 4.79 Å². The lowest BCUT2D eigenvalue weighted by Crippen LogP contribution is -2.59. The molecule has 0 saturated carbocycles. The highest BCUT2D eigenvalue weighted by Crippen LogP contribution is 2.44. The number of hydrogen-bond donors (Lipinski definition) is 2. The van der Waals surface area contributed by atoms with Crippen molar-refractivity contribution in [3.63, 3.8) is 0 Å². The molecule has 1 saturated heterocycles. The fraction of sp³-hybridized carbons (Fsp3) is 0.300. The van der Waals surface area contributed by atoms with Crippen LogP contribution in [0.25, 0.3) is 11.1 Å². The Morgan fingerprint density at radius 3 is 2.15 bits per heavy atom. The van der Waals surface area contributed by atoms with Gasteiger partial charge < -0.3 is 15.2 Å². The van der Waals surface area contributed by atoms with Crippen LogP contribution in [0.2, 0.25) is 0 Å². The van der Waals surface area contributed by atoms with E-state index >= 15 is 0 Å². The summed E-state index contributed by atoms with van der Waals surface area (Å²) in [4.78, 5) is 23.3. The van der Waals surface area contributed by atoms with Crippen molar-refractivity contribution in [1.82, 2.24) is 5.32 Å². The lowest BCUT2D eigenvalue weighted by Gasteiger charge is -2.40. The van der Waals surface area contributed by atoms with E-state index in [0.29, 0.717) is 11.5 Å². The van der Waals surface area contributed by atoms with Crippen molar-refractivity contribution in [2.45, 2.75) is 17.9 Å². The first kappa shape index (κ1) is 17.0. The monoisotopic (exact) mass is 369 g/mol. The average Bonchev–Trinajstić information content (AvgIpc) is 2.92. The molecule has 1 fully saturated rings. The van der Waals surface area contributed by atoms with Gasteiger partial charge in [-0.1, -0.05) is 48.5 Å². The van der Waals surface area contributed by atoms with Crippen molar-refractivity contribution in [1.29, 1.82) is 0 Å². The maximum atomic E-state index is 12.3. The molecule has 0 spiro atoms. The number of ether oxygens (including phenoxy) is 1. The summed E-state index contributed by atoms with van der Waals surface area (Å²) in [6, 6.07) is 16.3. The number of benzene rings is 2. The molecule has 1 aliphatic heterocycles. The fourth-order valence-electron chi connectivity index (χ4n) is 3.71. The van der Waals surface area contributed by atoms with Gasteiger partial charge in [0.1, 0.15) is 6.61 Å². The standard InChI is InChI=1S/C20H19NO4S/c22-18(23)9-20(11-26-12-20)21-19(24)25-10-17-15-7-3-1-5-13(15)14-6-2-4-8-16(14)17/h1-8,17H,9-12H2,(H,21,24)(H,22,23). The number of carboxylic acids is 1. The van der Waals surface area contributed by atoms with E-state index in [1.807, 2.05) is 24.3 Å². The Bertz CT molecular complexity index is 817. The number of carbonyl (C=O) groups is 2. The van der Waals surface area contributed by atoms with Crippen molar-refractivity contribution in [3.05, 3.63) is 59.7 Å². The van der Waals surface area contributed by atoms with Gasteiger partial charge in [-0.3, -0.25) is 4.79 Å². The lowest BCUT2D eigenvalue weighted by atomic mass is 9.98. The number of amides is 1. The van der Waals surface area contributed by atoms with Crippen molar-refractivity contribution >= 4 is 23.8 Å². The first-order valence-corrected chi connectivity index (χ1v) is 9.66. The van der Waals surface area contributed by atoms with Crippen LogP contribution in [-0.4, -0.2) is 40.8 Å². The van der Waals surface area contributed by atoms with E-state index in [1.165, 1.54) is 11.1 Å². The smallest absolute Gasteiger partial charge is 0.407 e. The van der Waals surface area contributed by atoms with Gasteiger partial charge in [0.25, 0.3) is 0 Å². The number of alkyl carbamates (subject to hydrolysis) is 1. The van der Waals surface area contributed by atoms with Crippen LogP contribution in [0.15, 0.2) is 48.5 Å². The molecule has 5 nitrogen and oxygen atoms in total. The SMILES string of the molecule is O=C(O)CC1(NC(=O)OCC2c3ccccc3-c3ccccc32)CSC1. The van der Waals surface area contributed by atoms with Crippen LogP contribution < -0.4 is 5.32 Å². The van der Waals surface area contributed by atoms with E-state index in [4.69, 9.17) is 9.84 Å². The van der Waals surface area contributed by atoms with Gasteiger partial charge in [-0.05, 0) is 22.3 Å².